The molecule has 1 rings (SSSR count). The Hall–Kier alpha value is -0.200. The molecule has 0 amide bonds. The van der Waals surface area contributed by atoms with E-state index in [-0.39, 0.29) is 6.10 Å². The summed E-state index contributed by atoms with van der Waals surface area (Å²) in [6, 6.07) is 0. The van der Waals surface area contributed by atoms with Crippen molar-refractivity contribution in [2.45, 2.75) is 39.2 Å². The number of rotatable bonds is 12. The second kappa shape index (κ2) is 12.4. The summed E-state index contributed by atoms with van der Waals surface area (Å²) in [6.45, 7) is 11.3. The Morgan fingerprint density at radius 3 is 2.24 bits per heavy atom. The molecule has 0 aromatic heterocycles. The summed E-state index contributed by atoms with van der Waals surface area (Å²) in [5.41, 5.74) is 0. The van der Waals surface area contributed by atoms with E-state index in [1.54, 1.807) is 0 Å². The molecule has 2 atom stereocenters. The predicted octanol–water partition coefficient (Wildman–Crippen LogP) is 1.54. The van der Waals surface area contributed by atoms with Gasteiger partial charge in [-0.1, -0.05) is 20.3 Å². The second-order valence-electron chi connectivity index (χ2n) is 5.82. The maximum absolute atomic E-state index is 9.67. The molecule has 126 valence electrons. The highest BCUT2D eigenvalue weighted by Crippen LogP contribution is 2.15. The molecule has 1 fully saturated rings. The van der Waals surface area contributed by atoms with Crippen molar-refractivity contribution in [3.05, 3.63) is 0 Å². The van der Waals surface area contributed by atoms with Gasteiger partial charge in [-0.2, -0.15) is 0 Å². The van der Waals surface area contributed by atoms with Crippen molar-refractivity contribution < 1.29 is 19.3 Å². The summed E-state index contributed by atoms with van der Waals surface area (Å²) < 4.78 is 16.4. The van der Waals surface area contributed by atoms with Crippen molar-refractivity contribution in [1.82, 2.24) is 4.90 Å². The minimum absolute atomic E-state index is 0.130. The van der Waals surface area contributed by atoms with Crippen LogP contribution in [0.25, 0.3) is 0 Å². The van der Waals surface area contributed by atoms with Gasteiger partial charge in [-0.05, 0) is 18.8 Å². The summed E-state index contributed by atoms with van der Waals surface area (Å²) in [4.78, 5) is 2.36. The Morgan fingerprint density at radius 2 is 1.62 bits per heavy atom. The van der Waals surface area contributed by atoms with Crippen LogP contribution in [0.2, 0.25) is 0 Å². The number of nitrogens with zero attached hydrogens (tertiary/aromatic N) is 1. The molecule has 0 radical (unpaired) electrons. The maximum Gasteiger partial charge on any atom is 0.0701 e. The molecule has 5 heteroatoms. The van der Waals surface area contributed by atoms with Crippen LogP contribution in [0, 0.1) is 5.92 Å². The fourth-order valence-corrected chi connectivity index (χ4v) is 2.40. The minimum atomic E-state index is -0.130. The standard InChI is InChI=1S/C16H33NO4/c1-3-4-8-19-10-12-21-13-11-20-9-7-17-6-5-16(18)15(2)14-17/h15-16,18H,3-14H2,1-2H3. The quantitative estimate of drug-likeness (QED) is 0.554. The zero-order valence-electron chi connectivity index (χ0n) is 13.8. The number of ether oxygens (including phenoxy) is 3. The van der Waals surface area contributed by atoms with Gasteiger partial charge in [-0.25, -0.2) is 0 Å². The first-order valence-electron chi connectivity index (χ1n) is 8.37. The summed E-state index contributed by atoms with van der Waals surface area (Å²) in [5.74, 6) is 0.370. The highest BCUT2D eigenvalue weighted by Gasteiger charge is 2.23. The fourth-order valence-electron chi connectivity index (χ4n) is 2.40. The third-order valence-corrected chi connectivity index (χ3v) is 3.88. The first-order valence-corrected chi connectivity index (χ1v) is 8.37. The summed E-state index contributed by atoms with van der Waals surface area (Å²) in [7, 11) is 0. The van der Waals surface area contributed by atoms with Crippen LogP contribution in [-0.4, -0.2) is 75.4 Å². The number of hydrogen-bond donors (Lipinski definition) is 1. The average molecular weight is 303 g/mol. The Balaban J connectivity index is 1.80. The fraction of sp³-hybridized carbons (Fsp3) is 1.00. The molecule has 1 saturated heterocycles. The SMILES string of the molecule is CCCCOCCOCCOCCN1CCC(O)C(C)C1. The van der Waals surface area contributed by atoms with Gasteiger partial charge < -0.3 is 24.2 Å². The smallest absolute Gasteiger partial charge is 0.0701 e. The van der Waals surface area contributed by atoms with Crippen LogP contribution in [0.1, 0.15) is 33.1 Å². The van der Waals surface area contributed by atoms with E-state index < -0.39 is 0 Å². The third-order valence-electron chi connectivity index (χ3n) is 3.88. The maximum atomic E-state index is 9.67. The normalized spacial score (nSPS) is 23.6. The van der Waals surface area contributed by atoms with E-state index in [9.17, 15) is 5.11 Å². The van der Waals surface area contributed by atoms with Crippen LogP contribution in [0.5, 0.6) is 0 Å². The Bertz CT molecular complexity index is 240. The zero-order valence-corrected chi connectivity index (χ0v) is 13.8. The summed E-state index contributed by atoms with van der Waals surface area (Å²) in [6.07, 6.45) is 3.04. The number of aliphatic hydroxyl groups is 1. The van der Waals surface area contributed by atoms with Crippen molar-refractivity contribution in [2.75, 3.05) is 59.3 Å². The van der Waals surface area contributed by atoms with Crippen molar-refractivity contribution in [1.29, 1.82) is 0 Å². The molecule has 1 N–H and O–H groups in total. The highest BCUT2D eigenvalue weighted by atomic mass is 16.5. The molecule has 5 nitrogen and oxygen atoms in total. The van der Waals surface area contributed by atoms with Crippen molar-refractivity contribution in [3.8, 4) is 0 Å². The van der Waals surface area contributed by atoms with E-state index in [1.165, 1.54) is 6.42 Å². The molecule has 0 aliphatic carbocycles. The Labute approximate surface area is 129 Å². The number of piperidine rings is 1. The van der Waals surface area contributed by atoms with Crippen LogP contribution >= 0.6 is 0 Å². The van der Waals surface area contributed by atoms with Gasteiger partial charge in [0.05, 0.1) is 39.1 Å². The molecule has 1 heterocycles. The van der Waals surface area contributed by atoms with Crippen molar-refractivity contribution in [2.24, 2.45) is 5.92 Å². The summed E-state index contributed by atoms with van der Waals surface area (Å²) >= 11 is 0. The lowest BCUT2D eigenvalue weighted by Gasteiger charge is -2.34. The number of hydrogen-bond acceptors (Lipinski definition) is 5. The van der Waals surface area contributed by atoms with E-state index in [2.05, 4.69) is 18.7 Å². The summed E-state index contributed by atoms with van der Waals surface area (Å²) in [5, 5.41) is 9.67. The van der Waals surface area contributed by atoms with E-state index in [4.69, 9.17) is 14.2 Å². The third kappa shape index (κ3) is 9.42. The predicted molar refractivity (Wildman–Crippen MR) is 83.6 cm³/mol. The number of aliphatic hydroxyl groups excluding tert-OH is 1. The van der Waals surface area contributed by atoms with E-state index in [0.717, 1.165) is 45.7 Å². The molecule has 0 saturated carbocycles. The van der Waals surface area contributed by atoms with Gasteiger partial charge in [0, 0.05) is 26.2 Å². The molecule has 0 bridgehead atoms. The largest absolute Gasteiger partial charge is 0.393 e. The number of likely N-dealkylation sites (tertiary alicyclic amines) is 1. The van der Waals surface area contributed by atoms with Crippen LogP contribution < -0.4 is 0 Å². The van der Waals surface area contributed by atoms with Crippen LogP contribution in [-0.2, 0) is 14.2 Å². The van der Waals surface area contributed by atoms with Gasteiger partial charge in [-0.3, -0.25) is 0 Å². The lowest BCUT2D eigenvalue weighted by atomic mass is 9.97. The van der Waals surface area contributed by atoms with Crippen molar-refractivity contribution >= 4 is 0 Å². The highest BCUT2D eigenvalue weighted by molar-refractivity contribution is 4.76. The van der Waals surface area contributed by atoms with Crippen molar-refractivity contribution in [3.63, 3.8) is 0 Å². The van der Waals surface area contributed by atoms with Crippen LogP contribution in [0.4, 0.5) is 0 Å². The van der Waals surface area contributed by atoms with Crippen LogP contribution in [0.3, 0.4) is 0 Å². The molecule has 1 aliphatic heterocycles. The molecular formula is C16H33NO4. The number of unbranched alkanes of at least 4 members (excludes halogenated alkanes) is 1. The van der Waals surface area contributed by atoms with E-state index in [1.807, 2.05) is 0 Å². The Kier molecular flexibility index (Phi) is 11.1. The van der Waals surface area contributed by atoms with E-state index in [0.29, 0.717) is 32.3 Å². The topological polar surface area (TPSA) is 51.2 Å². The lowest BCUT2D eigenvalue weighted by molar-refractivity contribution is -0.00169. The first-order chi connectivity index (χ1) is 10.2. The van der Waals surface area contributed by atoms with Gasteiger partial charge in [0.2, 0.25) is 0 Å². The monoisotopic (exact) mass is 303 g/mol. The van der Waals surface area contributed by atoms with Crippen LogP contribution in [0.15, 0.2) is 0 Å². The van der Waals surface area contributed by atoms with Gasteiger partial charge in [0.1, 0.15) is 0 Å². The average Bonchev–Trinajstić information content (AvgIpc) is 2.48. The first kappa shape index (κ1) is 18.8. The second-order valence-corrected chi connectivity index (χ2v) is 5.82. The van der Waals surface area contributed by atoms with Gasteiger partial charge in [0.25, 0.3) is 0 Å². The van der Waals surface area contributed by atoms with Gasteiger partial charge in [0.15, 0.2) is 0 Å². The van der Waals surface area contributed by atoms with E-state index >= 15 is 0 Å². The molecule has 0 spiro atoms. The van der Waals surface area contributed by atoms with Gasteiger partial charge >= 0.3 is 0 Å². The minimum Gasteiger partial charge on any atom is -0.393 e. The molecule has 2 unspecified atom stereocenters. The molecule has 21 heavy (non-hydrogen) atoms. The Morgan fingerprint density at radius 1 is 1.00 bits per heavy atom. The molecule has 1 aliphatic rings. The molecule has 0 aromatic carbocycles. The molecule has 0 aromatic rings. The molecular weight excluding hydrogens is 270 g/mol. The zero-order chi connectivity index (χ0) is 15.3. The lowest BCUT2D eigenvalue weighted by Crippen LogP contribution is -2.43. The van der Waals surface area contributed by atoms with Gasteiger partial charge in [-0.15, -0.1) is 0 Å².